The number of carbonyl (C=O) groups is 2. The minimum atomic E-state index is -4.46. The number of carbonyl (C=O) groups excluding carboxylic acids is 2. The molecule has 1 aromatic carbocycles. The molecular formula is C20H22F3N3O3. The maximum Gasteiger partial charge on any atom is 0.422 e. The molecule has 29 heavy (non-hydrogen) atoms. The van der Waals surface area contributed by atoms with E-state index in [0.717, 1.165) is 5.56 Å². The molecule has 1 atom stereocenters. The summed E-state index contributed by atoms with van der Waals surface area (Å²) in [5.41, 5.74) is 1.63. The summed E-state index contributed by atoms with van der Waals surface area (Å²) in [6, 6.07) is 8.76. The number of rotatable bonds is 7. The molecule has 2 rings (SSSR count). The number of hydrogen-bond donors (Lipinski definition) is 2. The molecule has 0 saturated carbocycles. The predicted octanol–water partition coefficient (Wildman–Crippen LogP) is 3.72. The second-order valence-electron chi connectivity index (χ2n) is 6.84. The SMILES string of the molecule is Cc1cccc(C(=O)NC(C(=O)Nc2ccc(OCC(F)(F)F)nc2)C(C)C)c1. The zero-order valence-corrected chi connectivity index (χ0v) is 16.2. The van der Waals surface area contributed by atoms with Crippen molar-refractivity contribution in [3.8, 4) is 5.88 Å². The van der Waals surface area contributed by atoms with Gasteiger partial charge in [0.1, 0.15) is 6.04 Å². The number of ether oxygens (including phenoxy) is 1. The van der Waals surface area contributed by atoms with Gasteiger partial charge in [-0.2, -0.15) is 13.2 Å². The van der Waals surface area contributed by atoms with Crippen LogP contribution in [0, 0.1) is 12.8 Å². The standard InChI is InChI=1S/C20H22F3N3O3/c1-12(2)17(26-18(27)14-6-4-5-13(3)9-14)19(28)25-15-7-8-16(24-10-15)29-11-20(21,22)23/h4-10,12,17H,11H2,1-3H3,(H,25,28)(H,26,27). The molecular weight excluding hydrogens is 387 g/mol. The summed E-state index contributed by atoms with van der Waals surface area (Å²) in [5, 5.41) is 5.30. The number of aryl methyl sites for hydroxylation is 1. The van der Waals surface area contributed by atoms with Crippen molar-refractivity contribution in [3.05, 3.63) is 53.7 Å². The topological polar surface area (TPSA) is 80.3 Å². The lowest BCUT2D eigenvalue weighted by Crippen LogP contribution is -2.47. The Bertz CT molecular complexity index is 852. The predicted molar refractivity (Wildman–Crippen MR) is 102 cm³/mol. The number of halogens is 3. The Kier molecular flexibility index (Phi) is 7.19. The lowest BCUT2D eigenvalue weighted by molar-refractivity contribution is -0.154. The highest BCUT2D eigenvalue weighted by molar-refractivity contribution is 6.01. The van der Waals surface area contributed by atoms with E-state index in [1.165, 1.54) is 18.3 Å². The second kappa shape index (κ2) is 9.40. The lowest BCUT2D eigenvalue weighted by Gasteiger charge is -2.22. The first-order valence-corrected chi connectivity index (χ1v) is 8.89. The zero-order chi connectivity index (χ0) is 21.6. The van der Waals surface area contributed by atoms with Gasteiger partial charge in [0, 0.05) is 11.6 Å². The van der Waals surface area contributed by atoms with Crippen LogP contribution in [-0.2, 0) is 4.79 Å². The molecule has 2 aromatic rings. The normalized spacial score (nSPS) is 12.4. The number of hydrogen-bond acceptors (Lipinski definition) is 4. The van der Waals surface area contributed by atoms with Crippen LogP contribution in [0.25, 0.3) is 0 Å². The van der Waals surface area contributed by atoms with Gasteiger partial charge in [0.05, 0.1) is 11.9 Å². The number of benzene rings is 1. The molecule has 0 fully saturated rings. The molecule has 1 heterocycles. The van der Waals surface area contributed by atoms with Crippen LogP contribution in [-0.4, -0.2) is 35.6 Å². The van der Waals surface area contributed by atoms with E-state index in [1.54, 1.807) is 32.0 Å². The van der Waals surface area contributed by atoms with E-state index >= 15 is 0 Å². The zero-order valence-electron chi connectivity index (χ0n) is 16.2. The van der Waals surface area contributed by atoms with Crippen molar-refractivity contribution in [1.82, 2.24) is 10.3 Å². The maximum absolute atomic E-state index is 12.6. The number of alkyl halides is 3. The van der Waals surface area contributed by atoms with Gasteiger partial charge in [0.15, 0.2) is 6.61 Å². The number of amides is 2. The molecule has 0 aliphatic carbocycles. The number of nitrogens with one attached hydrogen (secondary N) is 2. The first-order valence-electron chi connectivity index (χ1n) is 8.89. The van der Waals surface area contributed by atoms with Crippen molar-refractivity contribution >= 4 is 17.5 Å². The van der Waals surface area contributed by atoms with Crippen molar-refractivity contribution in [3.63, 3.8) is 0 Å². The van der Waals surface area contributed by atoms with Gasteiger partial charge in [0.2, 0.25) is 11.8 Å². The van der Waals surface area contributed by atoms with E-state index in [0.29, 0.717) is 5.56 Å². The Labute approximate surface area is 166 Å². The highest BCUT2D eigenvalue weighted by Crippen LogP contribution is 2.18. The van der Waals surface area contributed by atoms with E-state index in [4.69, 9.17) is 0 Å². The monoisotopic (exact) mass is 409 g/mol. The molecule has 0 aliphatic heterocycles. The molecule has 0 radical (unpaired) electrons. The lowest BCUT2D eigenvalue weighted by atomic mass is 10.0. The highest BCUT2D eigenvalue weighted by Gasteiger charge is 2.29. The van der Waals surface area contributed by atoms with Crippen molar-refractivity contribution < 1.29 is 27.5 Å². The number of anilines is 1. The third-order valence-electron chi connectivity index (χ3n) is 3.90. The Morgan fingerprint density at radius 3 is 2.45 bits per heavy atom. The summed E-state index contributed by atoms with van der Waals surface area (Å²) < 4.78 is 41.0. The van der Waals surface area contributed by atoms with Crippen LogP contribution in [0.4, 0.5) is 18.9 Å². The minimum absolute atomic E-state index is 0.203. The van der Waals surface area contributed by atoms with Crippen molar-refractivity contribution in [2.24, 2.45) is 5.92 Å². The molecule has 0 spiro atoms. The quantitative estimate of drug-likeness (QED) is 0.730. The van der Waals surface area contributed by atoms with Gasteiger partial charge in [-0.1, -0.05) is 31.5 Å². The summed E-state index contributed by atoms with van der Waals surface area (Å²) in [7, 11) is 0. The van der Waals surface area contributed by atoms with Gasteiger partial charge < -0.3 is 15.4 Å². The van der Waals surface area contributed by atoms with E-state index in [1.807, 2.05) is 13.0 Å². The Morgan fingerprint density at radius 2 is 1.90 bits per heavy atom. The number of pyridine rings is 1. The number of aromatic nitrogens is 1. The highest BCUT2D eigenvalue weighted by atomic mass is 19.4. The van der Waals surface area contributed by atoms with Crippen LogP contribution in [0.3, 0.4) is 0 Å². The maximum atomic E-state index is 12.6. The molecule has 0 saturated heterocycles. The van der Waals surface area contributed by atoms with Crippen LogP contribution >= 0.6 is 0 Å². The fourth-order valence-corrected chi connectivity index (χ4v) is 2.46. The third kappa shape index (κ3) is 7.10. The largest absolute Gasteiger partial charge is 0.468 e. The van der Waals surface area contributed by atoms with Crippen LogP contribution in [0.5, 0.6) is 5.88 Å². The first kappa shape index (κ1) is 22.2. The molecule has 156 valence electrons. The van der Waals surface area contributed by atoms with E-state index in [-0.39, 0.29) is 23.4 Å². The van der Waals surface area contributed by atoms with E-state index in [2.05, 4.69) is 20.4 Å². The third-order valence-corrected chi connectivity index (χ3v) is 3.90. The summed E-state index contributed by atoms with van der Waals surface area (Å²) >= 11 is 0. The van der Waals surface area contributed by atoms with Crippen LogP contribution in [0.1, 0.15) is 29.8 Å². The van der Waals surface area contributed by atoms with Gasteiger partial charge in [0.25, 0.3) is 5.91 Å². The Hall–Kier alpha value is -3.10. The number of nitrogens with zero attached hydrogens (tertiary/aromatic N) is 1. The van der Waals surface area contributed by atoms with Crippen molar-refractivity contribution in [2.75, 3.05) is 11.9 Å². The summed E-state index contributed by atoms with van der Waals surface area (Å²) in [5.74, 6) is -1.26. The molecule has 9 heteroatoms. The summed E-state index contributed by atoms with van der Waals surface area (Å²) in [6.45, 7) is 3.98. The first-order chi connectivity index (χ1) is 13.5. The average Bonchev–Trinajstić information content (AvgIpc) is 2.64. The van der Waals surface area contributed by atoms with Gasteiger partial charge in [-0.15, -0.1) is 0 Å². The van der Waals surface area contributed by atoms with Gasteiger partial charge >= 0.3 is 6.18 Å². The van der Waals surface area contributed by atoms with Crippen LogP contribution in [0.15, 0.2) is 42.6 Å². The van der Waals surface area contributed by atoms with Crippen molar-refractivity contribution in [1.29, 1.82) is 0 Å². The molecule has 1 aromatic heterocycles. The molecule has 0 bridgehead atoms. The Balaban J connectivity index is 2.01. The summed E-state index contributed by atoms with van der Waals surface area (Å²) in [6.07, 6.45) is -3.28. The van der Waals surface area contributed by atoms with Crippen LogP contribution in [0.2, 0.25) is 0 Å². The van der Waals surface area contributed by atoms with Gasteiger partial charge in [-0.25, -0.2) is 4.98 Å². The molecule has 2 amide bonds. The van der Waals surface area contributed by atoms with Crippen molar-refractivity contribution in [2.45, 2.75) is 33.0 Å². The minimum Gasteiger partial charge on any atom is -0.468 e. The molecule has 1 unspecified atom stereocenters. The average molecular weight is 409 g/mol. The smallest absolute Gasteiger partial charge is 0.422 e. The summed E-state index contributed by atoms with van der Waals surface area (Å²) in [4.78, 5) is 28.8. The fourth-order valence-electron chi connectivity index (χ4n) is 2.46. The van der Waals surface area contributed by atoms with E-state index < -0.39 is 24.7 Å². The fraction of sp³-hybridized carbons (Fsp3) is 0.350. The van der Waals surface area contributed by atoms with Gasteiger partial charge in [-0.3, -0.25) is 9.59 Å². The van der Waals surface area contributed by atoms with Gasteiger partial charge in [-0.05, 0) is 31.0 Å². The Morgan fingerprint density at radius 1 is 1.17 bits per heavy atom. The second-order valence-corrected chi connectivity index (χ2v) is 6.84. The van der Waals surface area contributed by atoms with Crippen LogP contribution < -0.4 is 15.4 Å². The molecule has 0 aliphatic rings. The molecule has 6 nitrogen and oxygen atoms in total. The van der Waals surface area contributed by atoms with E-state index in [9.17, 15) is 22.8 Å². The molecule has 2 N–H and O–H groups in total.